The van der Waals surface area contributed by atoms with E-state index in [1.54, 1.807) is 0 Å². The number of rotatable bonds is 1. The van der Waals surface area contributed by atoms with Crippen LogP contribution in [0.4, 0.5) is 5.69 Å². The monoisotopic (exact) mass is 241 g/mol. The Hall–Kier alpha value is -1.64. The molecule has 1 fully saturated rings. The lowest BCUT2D eigenvalue weighted by atomic mass is 10.1. The molecule has 2 heterocycles. The van der Waals surface area contributed by atoms with E-state index in [1.807, 2.05) is 6.92 Å². The standard InChI is InChI=1S/C15H19N3/c1-11-15-13(17-12(2)16-11)7-6-8-14(15)18-9-4-3-5-10-18/h6-8H,3-5,9-10H2,1-2H3. The molecule has 1 aliphatic heterocycles. The highest BCUT2D eigenvalue weighted by molar-refractivity contribution is 5.93. The molecule has 0 aliphatic carbocycles. The molecule has 3 rings (SSSR count). The van der Waals surface area contributed by atoms with Crippen molar-refractivity contribution >= 4 is 16.6 Å². The van der Waals surface area contributed by atoms with Gasteiger partial charge in [-0.25, -0.2) is 9.97 Å². The summed E-state index contributed by atoms with van der Waals surface area (Å²) in [5.41, 5.74) is 3.48. The largest absolute Gasteiger partial charge is 0.371 e. The number of benzene rings is 1. The SMILES string of the molecule is Cc1nc(C)c2c(N3CCCCC3)cccc2n1. The van der Waals surface area contributed by atoms with Crippen molar-refractivity contribution in [1.82, 2.24) is 9.97 Å². The second-order valence-corrected chi connectivity index (χ2v) is 5.08. The van der Waals surface area contributed by atoms with Crippen molar-refractivity contribution < 1.29 is 0 Å². The molecule has 1 saturated heterocycles. The van der Waals surface area contributed by atoms with Gasteiger partial charge in [0.05, 0.1) is 11.2 Å². The zero-order valence-corrected chi connectivity index (χ0v) is 11.1. The molecular weight excluding hydrogens is 222 g/mol. The van der Waals surface area contributed by atoms with Gasteiger partial charge in [-0.1, -0.05) is 6.07 Å². The molecule has 1 aromatic carbocycles. The minimum atomic E-state index is 0.857. The molecule has 0 unspecified atom stereocenters. The van der Waals surface area contributed by atoms with Crippen LogP contribution in [0.25, 0.3) is 10.9 Å². The van der Waals surface area contributed by atoms with Crippen LogP contribution in [-0.4, -0.2) is 23.1 Å². The average Bonchev–Trinajstić information content (AvgIpc) is 2.38. The topological polar surface area (TPSA) is 29.0 Å². The summed E-state index contributed by atoms with van der Waals surface area (Å²) in [6.07, 6.45) is 3.94. The predicted octanol–water partition coefficient (Wildman–Crippen LogP) is 3.24. The van der Waals surface area contributed by atoms with Gasteiger partial charge in [-0.3, -0.25) is 0 Å². The molecule has 0 saturated carbocycles. The van der Waals surface area contributed by atoms with Crippen molar-refractivity contribution in [2.24, 2.45) is 0 Å². The molecule has 0 spiro atoms. The third-order valence-electron chi connectivity index (χ3n) is 3.69. The Kier molecular flexibility index (Phi) is 2.90. The number of fused-ring (bicyclic) bond motifs is 1. The van der Waals surface area contributed by atoms with Gasteiger partial charge in [0, 0.05) is 24.2 Å². The zero-order valence-electron chi connectivity index (χ0n) is 11.1. The molecule has 18 heavy (non-hydrogen) atoms. The fourth-order valence-electron chi connectivity index (χ4n) is 2.89. The minimum Gasteiger partial charge on any atom is -0.371 e. The molecule has 3 heteroatoms. The van der Waals surface area contributed by atoms with E-state index in [4.69, 9.17) is 0 Å². The van der Waals surface area contributed by atoms with Gasteiger partial charge < -0.3 is 4.90 Å². The van der Waals surface area contributed by atoms with Crippen LogP contribution in [0.15, 0.2) is 18.2 Å². The third kappa shape index (κ3) is 1.94. The molecule has 2 aromatic rings. The summed E-state index contributed by atoms with van der Waals surface area (Å²) in [5, 5.41) is 1.23. The van der Waals surface area contributed by atoms with Gasteiger partial charge in [0.2, 0.25) is 0 Å². The molecule has 94 valence electrons. The number of hydrogen-bond acceptors (Lipinski definition) is 3. The summed E-state index contributed by atoms with van der Waals surface area (Å²) in [6, 6.07) is 6.40. The molecule has 3 nitrogen and oxygen atoms in total. The first kappa shape index (κ1) is 11.5. The first-order valence-electron chi connectivity index (χ1n) is 6.74. The second-order valence-electron chi connectivity index (χ2n) is 5.08. The van der Waals surface area contributed by atoms with Crippen LogP contribution >= 0.6 is 0 Å². The minimum absolute atomic E-state index is 0.857. The summed E-state index contributed by atoms with van der Waals surface area (Å²) in [6.45, 7) is 6.36. The summed E-state index contributed by atoms with van der Waals surface area (Å²) in [7, 11) is 0. The van der Waals surface area contributed by atoms with Crippen molar-refractivity contribution in [3.63, 3.8) is 0 Å². The van der Waals surface area contributed by atoms with E-state index in [0.29, 0.717) is 0 Å². The molecule has 1 aromatic heterocycles. The quantitative estimate of drug-likeness (QED) is 0.767. The molecule has 0 radical (unpaired) electrons. The van der Waals surface area contributed by atoms with Crippen LogP contribution in [0.3, 0.4) is 0 Å². The number of hydrogen-bond donors (Lipinski definition) is 0. The number of nitrogens with zero attached hydrogens (tertiary/aromatic N) is 3. The lowest BCUT2D eigenvalue weighted by Gasteiger charge is -2.30. The number of piperidine rings is 1. The van der Waals surface area contributed by atoms with Crippen LogP contribution in [0.5, 0.6) is 0 Å². The Labute approximate surface area is 108 Å². The maximum atomic E-state index is 4.55. The Morgan fingerprint density at radius 2 is 1.78 bits per heavy atom. The number of anilines is 1. The van der Waals surface area contributed by atoms with Crippen LogP contribution in [-0.2, 0) is 0 Å². The second kappa shape index (κ2) is 4.56. The van der Waals surface area contributed by atoms with Crippen LogP contribution in [0.1, 0.15) is 30.8 Å². The van der Waals surface area contributed by atoms with Crippen LogP contribution in [0, 0.1) is 13.8 Å². The fourth-order valence-corrected chi connectivity index (χ4v) is 2.89. The Morgan fingerprint density at radius 1 is 1.00 bits per heavy atom. The van der Waals surface area contributed by atoms with Crippen molar-refractivity contribution in [2.75, 3.05) is 18.0 Å². The van der Waals surface area contributed by atoms with E-state index in [0.717, 1.165) is 30.1 Å². The highest BCUT2D eigenvalue weighted by Crippen LogP contribution is 2.29. The summed E-state index contributed by atoms with van der Waals surface area (Å²) >= 11 is 0. The highest BCUT2D eigenvalue weighted by atomic mass is 15.1. The van der Waals surface area contributed by atoms with Gasteiger partial charge in [0.15, 0.2) is 0 Å². The smallest absolute Gasteiger partial charge is 0.126 e. The molecule has 0 bridgehead atoms. The van der Waals surface area contributed by atoms with Gasteiger partial charge in [-0.05, 0) is 45.2 Å². The van der Waals surface area contributed by atoms with Gasteiger partial charge >= 0.3 is 0 Å². The molecule has 1 aliphatic rings. The lowest BCUT2D eigenvalue weighted by Crippen LogP contribution is -2.29. The molecule has 0 atom stereocenters. The lowest BCUT2D eigenvalue weighted by molar-refractivity contribution is 0.579. The first-order chi connectivity index (χ1) is 8.75. The van der Waals surface area contributed by atoms with Crippen molar-refractivity contribution in [2.45, 2.75) is 33.1 Å². The molecule has 0 N–H and O–H groups in total. The highest BCUT2D eigenvalue weighted by Gasteiger charge is 2.15. The van der Waals surface area contributed by atoms with E-state index < -0.39 is 0 Å². The van der Waals surface area contributed by atoms with Gasteiger partial charge in [0.25, 0.3) is 0 Å². The Morgan fingerprint density at radius 3 is 2.56 bits per heavy atom. The van der Waals surface area contributed by atoms with E-state index in [1.165, 1.54) is 30.3 Å². The first-order valence-corrected chi connectivity index (χ1v) is 6.74. The van der Waals surface area contributed by atoms with Crippen molar-refractivity contribution in [3.05, 3.63) is 29.7 Å². The molecule has 0 amide bonds. The van der Waals surface area contributed by atoms with Gasteiger partial charge in [-0.15, -0.1) is 0 Å². The van der Waals surface area contributed by atoms with E-state index >= 15 is 0 Å². The normalized spacial score (nSPS) is 16.2. The Balaban J connectivity index is 2.16. The van der Waals surface area contributed by atoms with Gasteiger partial charge in [0.1, 0.15) is 5.82 Å². The number of aromatic nitrogens is 2. The van der Waals surface area contributed by atoms with Crippen LogP contribution < -0.4 is 4.90 Å². The number of aryl methyl sites for hydroxylation is 2. The van der Waals surface area contributed by atoms with Crippen molar-refractivity contribution in [3.8, 4) is 0 Å². The zero-order chi connectivity index (χ0) is 12.5. The van der Waals surface area contributed by atoms with Crippen molar-refractivity contribution in [1.29, 1.82) is 0 Å². The summed E-state index contributed by atoms with van der Waals surface area (Å²) in [4.78, 5) is 11.6. The fraction of sp³-hybridized carbons (Fsp3) is 0.467. The summed E-state index contributed by atoms with van der Waals surface area (Å²) in [5.74, 6) is 0.857. The van der Waals surface area contributed by atoms with E-state index in [2.05, 4.69) is 40.0 Å². The molecular formula is C15H19N3. The van der Waals surface area contributed by atoms with Crippen LogP contribution in [0.2, 0.25) is 0 Å². The van der Waals surface area contributed by atoms with Gasteiger partial charge in [-0.2, -0.15) is 0 Å². The summed E-state index contributed by atoms with van der Waals surface area (Å²) < 4.78 is 0. The Bertz CT molecular complexity index is 571. The average molecular weight is 241 g/mol. The predicted molar refractivity (Wildman–Crippen MR) is 75.1 cm³/mol. The van der Waals surface area contributed by atoms with E-state index in [-0.39, 0.29) is 0 Å². The van der Waals surface area contributed by atoms with E-state index in [9.17, 15) is 0 Å². The maximum Gasteiger partial charge on any atom is 0.126 e. The third-order valence-corrected chi connectivity index (χ3v) is 3.69. The maximum absolute atomic E-state index is 4.55.